The first-order chi connectivity index (χ1) is 12.6. The molecule has 0 saturated heterocycles. The highest BCUT2D eigenvalue weighted by Crippen LogP contribution is 2.16. The summed E-state index contributed by atoms with van der Waals surface area (Å²) in [7, 11) is 0. The molecule has 2 N–H and O–H groups in total. The fourth-order valence-corrected chi connectivity index (χ4v) is 2.30. The number of aromatic nitrogens is 2. The molecule has 0 aliphatic heterocycles. The molecule has 2 amide bonds. The van der Waals surface area contributed by atoms with E-state index in [-0.39, 0.29) is 23.5 Å². The molecule has 0 aliphatic carbocycles. The number of amides is 2. The van der Waals surface area contributed by atoms with E-state index < -0.39 is 17.6 Å². The number of furan rings is 1. The van der Waals surface area contributed by atoms with Gasteiger partial charge in [-0.15, -0.1) is 0 Å². The Morgan fingerprint density at radius 2 is 1.96 bits per heavy atom. The number of benzene rings is 1. The second-order valence-electron chi connectivity index (χ2n) is 5.47. The Morgan fingerprint density at radius 3 is 2.62 bits per heavy atom. The van der Waals surface area contributed by atoms with Crippen LogP contribution in [0.1, 0.15) is 33.5 Å². The Morgan fingerprint density at radius 1 is 1.19 bits per heavy atom. The van der Waals surface area contributed by atoms with Crippen LogP contribution in [0.3, 0.4) is 0 Å². The third-order valence-corrected chi connectivity index (χ3v) is 3.66. The molecule has 0 aliphatic rings. The van der Waals surface area contributed by atoms with E-state index in [0.717, 1.165) is 0 Å². The van der Waals surface area contributed by atoms with Gasteiger partial charge < -0.3 is 15.1 Å². The molecule has 8 heteroatoms. The van der Waals surface area contributed by atoms with Crippen LogP contribution in [0, 0.1) is 5.82 Å². The van der Waals surface area contributed by atoms with Gasteiger partial charge in [-0.3, -0.25) is 14.3 Å². The van der Waals surface area contributed by atoms with Crippen LogP contribution in [-0.4, -0.2) is 21.6 Å². The van der Waals surface area contributed by atoms with Crippen LogP contribution in [0.2, 0.25) is 0 Å². The zero-order valence-corrected chi connectivity index (χ0v) is 14.0. The van der Waals surface area contributed by atoms with Crippen molar-refractivity contribution in [3.63, 3.8) is 0 Å². The molecule has 134 valence electrons. The monoisotopic (exact) mass is 356 g/mol. The van der Waals surface area contributed by atoms with Crippen molar-refractivity contribution in [2.24, 2.45) is 0 Å². The maximum absolute atomic E-state index is 13.0. The Labute approximate surface area is 148 Å². The largest absolute Gasteiger partial charge is 0.467 e. The number of rotatable bonds is 6. The lowest BCUT2D eigenvalue weighted by Gasteiger charge is -2.06. The van der Waals surface area contributed by atoms with Gasteiger partial charge in [0.15, 0.2) is 5.69 Å². The summed E-state index contributed by atoms with van der Waals surface area (Å²) in [4.78, 5) is 24.7. The first-order valence-corrected chi connectivity index (χ1v) is 8.01. The van der Waals surface area contributed by atoms with Gasteiger partial charge in [0.05, 0.1) is 18.5 Å². The first kappa shape index (κ1) is 17.4. The van der Waals surface area contributed by atoms with Crippen LogP contribution in [0.15, 0.2) is 53.3 Å². The fourth-order valence-electron chi connectivity index (χ4n) is 2.30. The molecule has 26 heavy (non-hydrogen) atoms. The van der Waals surface area contributed by atoms with E-state index in [0.29, 0.717) is 12.3 Å². The highest BCUT2D eigenvalue weighted by atomic mass is 19.1. The fraction of sp³-hybridized carbons (Fsp3) is 0.167. The average Bonchev–Trinajstić information content (AvgIpc) is 3.30. The predicted molar refractivity (Wildman–Crippen MR) is 92.1 cm³/mol. The maximum Gasteiger partial charge on any atom is 0.274 e. The molecule has 1 aromatic carbocycles. The third kappa shape index (κ3) is 3.97. The highest BCUT2D eigenvalue weighted by molar-refractivity contribution is 6.08. The lowest BCUT2D eigenvalue weighted by molar-refractivity contribution is 0.0943. The summed E-state index contributed by atoms with van der Waals surface area (Å²) in [5.41, 5.74) is 0.643. The molecule has 0 spiro atoms. The van der Waals surface area contributed by atoms with Crippen LogP contribution < -0.4 is 10.6 Å². The van der Waals surface area contributed by atoms with Crippen LogP contribution in [0.4, 0.5) is 10.1 Å². The molecule has 0 fully saturated rings. The lowest BCUT2D eigenvalue weighted by Crippen LogP contribution is -2.25. The number of anilines is 1. The molecular weight excluding hydrogens is 339 g/mol. The lowest BCUT2D eigenvalue weighted by atomic mass is 10.2. The number of carbonyl (C=O) groups is 2. The summed E-state index contributed by atoms with van der Waals surface area (Å²) in [6, 6.07) is 8.59. The normalized spacial score (nSPS) is 10.5. The number of nitrogens with one attached hydrogen (secondary N) is 2. The van der Waals surface area contributed by atoms with Crippen LogP contribution in [0.25, 0.3) is 0 Å². The van der Waals surface area contributed by atoms with Crippen molar-refractivity contribution in [1.82, 2.24) is 15.1 Å². The number of nitrogens with zero attached hydrogens (tertiary/aromatic N) is 2. The van der Waals surface area contributed by atoms with Gasteiger partial charge in [-0.2, -0.15) is 5.10 Å². The second kappa shape index (κ2) is 7.64. The van der Waals surface area contributed by atoms with Gasteiger partial charge >= 0.3 is 0 Å². The molecule has 0 unspecified atom stereocenters. The summed E-state index contributed by atoms with van der Waals surface area (Å²) in [5.74, 6) is -0.729. The summed E-state index contributed by atoms with van der Waals surface area (Å²) < 4.78 is 19.7. The first-order valence-electron chi connectivity index (χ1n) is 8.01. The van der Waals surface area contributed by atoms with E-state index >= 15 is 0 Å². The molecule has 3 rings (SSSR count). The van der Waals surface area contributed by atoms with Crippen molar-refractivity contribution in [2.45, 2.75) is 20.0 Å². The van der Waals surface area contributed by atoms with Crippen molar-refractivity contribution in [3.05, 3.63) is 71.7 Å². The molecule has 7 nitrogen and oxygen atoms in total. The van der Waals surface area contributed by atoms with E-state index in [1.54, 1.807) is 23.0 Å². The highest BCUT2D eigenvalue weighted by Gasteiger charge is 2.19. The summed E-state index contributed by atoms with van der Waals surface area (Å²) in [6.45, 7) is 2.60. The van der Waals surface area contributed by atoms with E-state index in [1.165, 1.54) is 30.5 Å². The van der Waals surface area contributed by atoms with Gasteiger partial charge in [0.1, 0.15) is 11.6 Å². The predicted octanol–water partition coefficient (Wildman–Crippen LogP) is 2.82. The number of hydrogen-bond donors (Lipinski definition) is 2. The standard InChI is InChI=1S/C18H17FN4O3/c1-2-23-11-15(21-17(24)12-5-7-13(19)8-6-12)16(22-23)18(25)20-10-14-4-3-9-26-14/h3-9,11H,2,10H2,1H3,(H,20,25)(H,21,24). The molecule has 0 bridgehead atoms. The molecular formula is C18H17FN4O3. The molecule has 0 atom stereocenters. The Balaban J connectivity index is 1.75. The number of carbonyl (C=O) groups excluding carboxylic acids is 2. The summed E-state index contributed by atoms with van der Waals surface area (Å²) in [5, 5.41) is 9.53. The van der Waals surface area contributed by atoms with Crippen molar-refractivity contribution < 1.29 is 18.4 Å². The topological polar surface area (TPSA) is 89.2 Å². The number of halogens is 1. The minimum absolute atomic E-state index is 0.0915. The third-order valence-electron chi connectivity index (χ3n) is 3.66. The van der Waals surface area contributed by atoms with E-state index in [4.69, 9.17) is 4.42 Å². The van der Waals surface area contributed by atoms with Crippen molar-refractivity contribution in [3.8, 4) is 0 Å². The zero-order chi connectivity index (χ0) is 18.5. The van der Waals surface area contributed by atoms with Crippen molar-refractivity contribution in [1.29, 1.82) is 0 Å². The summed E-state index contributed by atoms with van der Waals surface area (Å²) >= 11 is 0. The van der Waals surface area contributed by atoms with E-state index in [2.05, 4.69) is 15.7 Å². The Hall–Kier alpha value is -3.42. The van der Waals surface area contributed by atoms with Gasteiger partial charge in [-0.1, -0.05) is 0 Å². The smallest absolute Gasteiger partial charge is 0.274 e. The number of aryl methyl sites for hydroxylation is 1. The average molecular weight is 356 g/mol. The van der Waals surface area contributed by atoms with Gasteiger partial charge in [-0.25, -0.2) is 4.39 Å². The second-order valence-corrected chi connectivity index (χ2v) is 5.47. The quantitative estimate of drug-likeness (QED) is 0.711. The Bertz CT molecular complexity index is 901. The van der Waals surface area contributed by atoms with Crippen LogP contribution in [-0.2, 0) is 13.1 Å². The van der Waals surface area contributed by atoms with Crippen LogP contribution in [0.5, 0.6) is 0 Å². The molecule has 3 aromatic rings. The zero-order valence-electron chi connectivity index (χ0n) is 14.0. The van der Waals surface area contributed by atoms with Gasteiger partial charge in [-0.05, 0) is 43.3 Å². The van der Waals surface area contributed by atoms with Crippen molar-refractivity contribution >= 4 is 17.5 Å². The minimum Gasteiger partial charge on any atom is -0.467 e. The molecule has 2 aromatic heterocycles. The molecule has 0 saturated carbocycles. The number of hydrogen-bond acceptors (Lipinski definition) is 4. The SMILES string of the molecule is CCn1cc(NC(=O)c2ccc(F)cc2)c(C(=O)NCc2ccco2)n1. The van der Waals surface area contributed by atoms with Crippen LogP contribution >= 0.6 is 0 Å². The van der Waals surface area contributed by atoms with E-state index in [1.807, 2.05) is 6.92 Å². The molecule has 2 heterocycles. The van der Waals surface area contributed by atoms with Crippen molar-refractivity contribution in [2.75, 3.05) is 5.32 Å². The van der Waals surface area contributed by atoms with Gasteiger partial charge in [0.25, 0.3) is 11.8 Å². The maximum atomic E-state index is 13.0. The summed E-state index contributed by atoms with van der Waals surface area (Å²) in [6.07, 6.45) is 3.09. The van der Waals surface area contributed by atoms with E-state index in [9.17, 15) is 14.0 Å². The van der Waals surface area contributed by atoms with Gasteiger partial charge in [0, 0.05) is 18.3 Å². The molecule has 0 radical (unpaired) electrons. The van der Waals surface area contributed by atoms with Gasteiger partial charge in [0.2, 0.25) is 0 Å². The Kier molecular flexibility index (Phi) is 5.12. The minimum atomic E-state index is -0.458.